The number of hydrogen-bond donors (Lipinski definition) is 0. The van der Waals surface area contributed by atoms with Crippen molar-refractivity contribution in [3.63, 3.8) is 0 Å². The molecular formula is C41H58IO6P. The minimum Gasteiger partial charge on any atom is -0.496 e. The molecule has 8 heteroatoms. The molecule has 1 aliphatic rings. The van der Waals surface area contributed by atoms with E-state index in [4.69, 9.17) is 23.7 Å². The summed E-state index contributed by atoms with van der Waals surface area (Å²) < 4.78 is 49.0. The van der Waals surface area contributed by atoms with Gasteiger partial charge in [-0.15, -0.1) is 0 Å². The SMILES string of the molecule is CCOc1cc(P(=O)(c2cc(C(C)(C)C)c(OC)c(C(C)(C)C)c2)c2cc(C(C)(C)C)c(OC)c(C(C)(C)C)c2)c(I)c2c1OC(C)(C)O2. The van der Waals surface area contributed by atoms with Crippen LogP contribution in [0, 0.1) is 3.57 Å². The van der Waals surface area contributed by atoms with Crippen LogP contribution in [-0.4, -0.2) is 26.6 Å². The van der Waals surface area contributed by atoms with Gasteiger partial charge in [-0.1, -0.05) is 83.1 Å². The number of halogens is 1. The van der Waals surface area contributed by atoms with E-state index in [1.807, 2.05) is 26.8 Å². The van der Waals surface area contributed by atoms with Gasteiger partial charge in [0.15, 0.2) is 18.6 Å². The molecule has 0 atom stereocenters. The van der Waals surface area contributed by atoms with Crippen LogP contribution in [0.3, 0.4) is 0 Å². The summed E-state index contributed by atoms with van der Waals surface area (Å²) in [6.07, 6.45) is 0. The van der Waals surface area contributed by atoms with E-state index in [9.17, 15) is 0 Å². The summed E-state index contributed by atoms with van der Waals surface area (Å²) in [6, 6.07) is 10.4. The first-order valence-electron chi connectivity index (χ1n) is 17.2. The molecule has 0 radical (unpaired) electrons. The number of rotatable bonds is 7. The van der Waals surface area contributed by atoms with Gasteiger partial charge in [0.2, 0.25) is 11.5 Å². The summed E-state index contributed by atoms with van der Waals surface area (Å²) in [5, 5.41) is 2.10. The van der Waals surface area contributed by atoms with Crippen molar-refractivity contribution in [2.75, 3.05) is 20.8 Å². The molecule has 49 heavy (non-hydrogen) atoms. The first kappa shape index (κ1) is 39.4. The molecule has 0 aromatic heterocycles. The molecule has 0 fully saturated rings. The van der Waals surface area contributed by atoms with Crippen LogP contribution in [0.2, 0.25) is 0 Å². The molecule has 0 bridgehead atoms. The number of fused-ring (bicyclic) bond motifs is 1. The van der Waals surface area contributed by atoms with E-state index in [-0.39, 0.29) is 21.7 Å². The van der Waals surface area contributed by atoms with Crippen LogP contribution in [0.5, 0.6) is 28.7 Å². The number of methoxy groups -OCH3 is 2. The van der Waals surface area contributed by atoms with Crippen molar-refractivity contribution >= 4 is 45.6 Å². The zero-order chi connectivity index (χ0) is 37.3. The monoisotopic (exact) mass is 804 g/mol. The largest absolute Gasteiger partial charge is 0.496 e. The number of ether oxygens (including phenoxy) is 5. The summed E-state index contributed by atoms with van der Waals surface area (Å²) >= 11 is 2.29. The van der Waals surface area contributed by atoms with Crippen molar-refractivity contribution in [3.8, 4) is 28.7 Å². The van der Waals surface area contributed by atoms with Crippen LogP contribution in [0.4, 0.5) is 0 Å². The molecule has 1 aliphatic heterocycles. The maximum Gasteiger partial charge on any atom is 0.246 e. The molecule has 0 N–H and O–H groups in total. The van der Waals surface area contributed by atoms with Crippen LogP contribution >= 0.6 is 29.7 Å². The fourth-order valence-electron chi connectivity index (χ4n) is 6.46. The fourth-order valence-corrected chi connectivity index (χ4v) is 10.8. The highest BCUT2D eigenvalue weighted by molar-refractivity contribution is 14.1. The molecule has 0 saturated heterocycles. The Morgan fingerprint density at radius 1 is 0.653 bits per heavy atom. The van der Waals surface area contributed by atoms with Gasteiger partial charge in [-0.3, -0.25) is 0 Å². The highest BCUT2D eigenvalue weighted by Gasteiger charge is 2.44. The molecule has 6 nitrogen and oxygen atoms in total. The smallest absolute Gasteiger partial charge is 0.246 e. The third-order valence-corrected chi connectivity index (χ3v) is 13.5. The van der Waals surface area contributed by atoms with Crippen molar-refractivity contribution in [1.82, 2.24) is 0 Å². The van der Waals surface area contributed by atoms with Gasteiger partial charge < -0.3 is 28.2 Å². The second-order valence-electron chi connectivity index (χ2n) is 17.7. The molecule has 0 saturated carbocycles. The van der Waals surface area contributed by atoms with Crippen LogP contribution in [0.25, 0.3) is 0 Å². The molecule has 4 rings (SSSR count). The van der Waals surface area contributed by atoms with Crippen LogP contribution in [0.15, 0.2) is 30.3 Å². The topological polar surface area (TPSA) is 63.2 Å². The standard InChI is InChI=1S/C41H58IO6P/c1-18-46-30-23-31(32(42)36-35(30)47-41(14,15)48-36)49(43,24-19-26(37(2,3)4)33(44-16)27(20-24)38(5,6)7)25-21-28(39(8,9)10)34(45-17)29(22-25)40(11,12)13/h19-23H,18H2,1-17H3. The quantitative estimate of drug-likeness (QED) is 0.175. The first-order valence-corrected chi connectivity index (χ1v) is 20.0. The van der Waals surface area contributed by atoms with E-state index in [0.29, 0.717) is 29.2 Å². The summed E-state index contributed by atoms with van der Waals surface area (Å²) in [5.41, 5.74) is 2.79. The average molecular weight is 805 g/mol. The summed E-state index contributed by atoms with van der Waals surface area (Å²) in [6.45, 7) is 32.2. The van der Waals surface area contributed by atoms with Crippen molar-refractivity contribution in [2.45, 2.75) is 131 Å². The highest BCUT2D eigenvalue weighted by atomic mass is 127. The van der Waals surface area contributed by atoms with Crippen molar-refractivity contribution in [3.05, 3.63) is 56.2 Å². The molecule has 270 valence electrons. The van der Waals surface area contributed by atoms with Crippen LogP contribution in [0.1, 0.15) is 126 Å². The van der Waals surface area contributed by atoms with E-state index in [0.717, 1.165) is 47.9 Å². The lowest BCUT2D eigenvalue weighted by Crippen LogP contribution is -2.33. The van der Waals surface area contributed by atoms with Gasteiger partial charge in [0.25, 0.3) is 0 Å². The number of hydrogen-bond acceptors (Lipinski definition) is 6. The summed E-state index contributed by atoms with van der Waals surface area (Å²) in [7, 11) is -0.266. The summed E-state index contributed by atoms with van der Waals surface area (Å²) in [4.78, 5) is 0. The zero-order valence-corrected chi connectivity index (χ0v) is 35.9. The average Bonchev–Trinajstić information content (AvgIpc) is 3.30. The first-order chi connectivity index (χ1) is 22.2. The highest BCUT2D eigenvalue weighted by Crippen LogP contribution is 2.55. The zero-order valence-electron chi connectivity index (χ0n) is 32.9. The van der Waals surface area contributed by atoms with Crippen molar-refractivity contribution < 1.29 is 28.2 Å². The van der Waals surface area contributed by atoms with E-state index < -0.39 is 12.9 Å². The Kier molecular flexibility index (Phi) is 10.4. The Bertz CT molecular complexity index is 1640. The molecule has 1 heterocycles. The molecule has 3 aromatic rings. The second kappa shape index (κ2) is 13.0. The van der Waals surface area contributed by atoms with Gasteiger partial charge in [-0.05, 0) is 81.5 Å². The lowest BCUT2D eigenvalue weighted by molar-refractivity contribution is -0.0443. The molecule has 3 aromatic carbocycles. The Morgan fingerprint density at radius 3 is 1.31 bits per heavy atom. The summed E-state index contributed by atoms with van der Waals surface area (Å²) in [5.74, 6) is 2.34. The lowest BCUT2D eigenvalue weighted by atomic mass is 9.79. The van der Waals surface area contributed by atoms with Crippen molar-refractivity contribution in [2.24, 2.45) is 0 Å². The Labute approximate surface area is 309 Å². The van der Waals surface area contributed by atoms with Gasteiger partial charge >= 0.3 is 0 Å². The van der Waals surface area contributed by atoms with Gasteiger partial charge in [0.1, 0.15) is 11.5 Å². The fraction of sp³-hybridized carbons (Fsp3) is 0.561. The molecule has 0 unspecified atom stereocenters. The Balaban J connectivity index is 2.34. The minimum absolute atomic E-state index is 0.304. The molecule has 0 amide bonds. The molecule has 0 aliphatic carbocycles. The van der Waals surface area contributed by atoms with E-state index in [1.54, 1.807) is 14.2 Å². The maximum atomic E-state index is 17.0. The van der Waals surface area contributed by atoms with Crippen LogP contribution in [-0.2, 0) is 26.2 Å². The Morgan fingerprint density at radius 2 is 1.00 bits per heavy atom. The van der Waals surface area contributed by atoms with E-state index in [2.05, 4.69) is 130 Å². The predicted octanol–water partition coefficient (Wildman–Crippen LogP) is 10.0. The number of benzene rings is 3. The predicted molar refractivity (Wildman–Crippen MR) is 213 cm³/mol. The third kappa shape index (κ3) is 7.36. The van der Waals surface area contributed by atoms with E-state index >= 15 is 4.57 Å². The van der Waals surface area contributed by atoms with E-state index in [1.165, 1.54) is 0 Å². The second-order valence-corrected chi connectivity index (χ2v) is 21.5. The van der Waals surface area contributed by atoms with Gasteiger partial charge in [-0.25, -0.2) is 0 Å². The third-order valence-electron chi connectivity index (χ3n) is 8.97. The minimum atomic E-state index is -3.72. The normalized spacial score (nSPS) is 15.0. The Hall–Kier alpha value is -2.38. The van der Waals surface area contributed by atoms with Gasteiger partial charge in [-0.2, -0.15) is 0 Å². The maximum absolute atomic E-state index is 17.0. The lowest BCUT2D eigenvalue weighted by Gasteiger charge is -2.34. The van der Waals surface area contributed by atoms with Gasteiger partial charge in [0.05, 0.1) is 24.4 Å². The van der Waals surface area contributed by atoms with Gasteiger partial charge in [0, 0.05) is 52.0 Å². The molecular weight excluding hydrogens is 746 g/mol. The molecule has 0 spiro atoms. The van der Waals surface area contributed by atoms with Crippen LogP contribution < -0.4 is 39.6 Å². The van der Waals surface area contributed by atoms with Crippen molar-refractivity contribution in [1.29, 1.82) is 0 Å².